The van der Waals surface area contributed by atoms with Crippen LogP contribution in [0, 0.1) is 0 Å². The molecule has 1 aromatic carbocycles. The number of thiazole rings is 1. The highest BCUT2D eigenvalue weighted by atomic mass is 32.1. The fourth-order valence-corrected chi connectivity index (χ4v) is 4.01. The van der Waals surface area contributed by atoms with Crippen molar-refractivity contribution in [1.29, 1.82) is 0 Å². The number of hydrogen-bond donors (Lipinski definition) is 1. The van der Waals surface area contributed by atoms with Gasteiger partial charge in [-0.05, 0) is 29.8 Å². The van der Waals surface area contributed by atoms with Gasteiger partial charge in [-0.1, -0.05) is 23.5 Å². The van der Waals surface area contributed by atoms with Crippen LogP contribution in [0.15, 0.2) is 48.0 Å². The normalized spacial score (nSPS) is 17.6. The van der Waals surface area contributed by atoms with E-state index in [2.05, 4.69) is 24.8 Å². The third-order valence-corrected chi connectivity index (χ3v) is 5.41. The minimum Gasteiger partial charge on any atom is -0.491 e. The van der Waals surface area contributed by atoms with Gasteiger partial charge in [-0.25, -0.2) is 0 Å². The molecule has 1 N–H and O–H groups in total. The first kappa shape index (κ1) is 21.6. The van der Waals surface area contributed by atoms with E-state index in [1.807, 2.05) is 0 Å². The Bertz CT molecular complexity index is 1140. The molecule has 1 atom stereocenters. The Labute approximate surface area is 183 Å². The summed E-state index contributed by atoms with van der Waals surface area (Å²) in [5.41, 5.74) is -0.336. The van der Waals surface area contributed by atoms with Gasteiger partial charge < -0.3 is 19.5 Å². The number of carbonyl (C=O) groups excluding carboxylic acids is 2. The summed E-state index contributed by atoms with van der Waals surface area (Å²) in [6.45, 7) is 0.418. The summed E-state index contributed by atoms with van der Waals surface area (Å²) in [4.78, 5) is 31.8. The molecule has 1 aliphatic rings. The summed E-state index contributed by atoms with van der Waals surface area (Å²) in [5, 5.41) is 4.32. The highest BCUT2D eigenvalue weighted by molar-refractivity contribution is 7.11. The van der Waals surface area contributed by atoms with E-state index in [9.17, 15) is 22.8 Å². The van der Waals surface area contributed by atoms with Crippen molar-refractivity contribution in [2.45, 2.75) is 18.3 Å². The Morgan fingerprint density at radius 2 is 2.03 bits per heavy atom. The predicted octanol–water partition coefficient (Wildman–Crippen LogP) is 3.43. The monoisotopic (exact) mass is 465 g/mol. The zero-order valence-electron chi connectivity index (χ0n) is 16.1. The summed E-state index contributed by atoms with van der Waals surface area (Å²) in [7, 11) is 0. The average Bonchev–Trinajstić information content (AvgIpc) is 3.22. The van der Waals surface area contributed by atoms with Crippen LogP contribution in [-0.4, -0.2) is 35.3 Å². The molecule has 1 unspecified atom stereocenters. The van der Waals surface area contributed by atoms with Crippen molar-refractivity contribution in [2.24, 2.45) is 0 Å². The number of nitrogens with zero attached hydrogens (tertiary/aromatic N) is 2. The SMILES string of the molecule is O=COc1nc(C(=O)NC2(c3ccc(OC(F)(F)F)cc3)CCOc3cccnc32)cs1. The largest absolute Gasteiger partial charge is 0.573 e. The lowest BCUT2D eigenvalue weighted by Crippen LogP contribution is -2.50. The Kier molecular flexibility index (Phi) is 5.70. The number of carbonyl (C=O) groups is 2. The van der Waals surface area contributed by atoms with Crippen LogP contribution in [0.4, 0.5) is 13.2 Å². The molecule has 32 heavy (non-hydrogen) atoms. The standard InChI is InChI=1S/C20H14F3N3O5S/c21-20(22,23)31-13-5-3-12(4-6-13)19(7-9-29-15-2-1-8-24-16(15)19)26-17(28)14-10-32-18(25-14)30-11-27/h1-6,8,10-11H,7,9H2,(H,26,28). The topological polar surface area (TPSA) is 99.6 Å². The summed E-state index contributed by atoms with van der Waals surface area (Å²) in [6, 6.07) is 8.52. The van der Waals surface area contributed by atoms with Crippen LogP contribution in [0.1, 0.15) is 28.2 Å². The number of ether oxygens (including phenoxy) is 3. The highest BCUT2D eigenvalue weighted by Gasteiger charge is 2.43. The number of amides is 1. The van der Waals surface area contributed by atoms with Crippen LogP contribution in [0.3, 0.4) is 0 Å². The van der Waals surface area contributed by atoms with Gasteiger partial charge in [0, 0.05) is 18.0 Å². The van der Waals surface area contributed by atoms with Crippen LogP contribution >= 0.6 is 11.3 Å². The molecule has 0 saturated carbocycles. The van der Waals surface area contributed by atoms with Gasteiger partial charge in [0.15, 0.2) is 0 Å². The molecule has 1 aliphatic heterocycles. The van der Waals surface area contributed by atoms with Crippen molar-refractivity contribution in [1.82, 2.24) is 15.3 Å². The second-order valence-electron chi connectivity index (χ2n) is 6.59. The summed E-state index contributed by atoms with van der Waals surface area (Å²) < 4.78 is 51.9. The first-order valence-corrected chi connectivity index (χ1v) is 10.0. The lowest BCUT2D eigenvalue weighted by Gasteiger charge is -2.38. The minimum absolute atomic E-state index is 0.00152. The maximum atomic E-state index is 13.0. The molecule has 0 fully saturated rings. The molecule has 0 saturated heterocycles. The molecule has 0 aliphatic carbocycles. The van der Waals surface area contributed by atoms with Crippen molar-refractivity contribution in [3.05, 3.63) is 64.9 Å². The maximum Gasteiger partial charge on any atom is 0.573 e. The first-order chi connectivity index (χ1) is 15.3. The van der Waals surface area contributed by atoms with Gasteiger partial charge in [-0.3, -0.25) is 14.6 Å². The van der Waals surface area contributed by atoms with Crippen molar-refractivity contribution in [2.75, 3.05) is 6.61 Å². The van der Waals surface area contributed by atoms with Crippen molar-refractivity contribution < 1.29 is 37.0 Å². The Morgan fingerprint density at radius 3 is 2.75 bits per heavy atom. The van der Waals surface area contributed by atoms with E-state index in [-0.39, 0.29) is 30.4 Å². The Morgan fingerprint density at radius 1 is 1.25 bits per heavy atom. The molecule has 0 bridgehead atoms. The summed E-state index contributed by atoms with van der Waals surface area (Å²) in [5.74, 6) is -0.555. The third-order valence-electron chi connectivity index (χ3n) is 4.68. The second kappa shape index (κ2) is 8.46. The number of hydrogen-bond acceptors (Lipinski definition) is 8. The molecule has 3 aromatic rings. The quantitative estimate of drug-likeness (QED) is 0.557. The van der Waals surface area contributed by atoms with Gasteiger partial charge in [0.25, 0.3) is 17.6 Å². The number of alkyl halides is 3. The van der Waals surface area contributed by atoms with Gasteiger partial charge in [-0.15, -0.1) is 13.2 Å². The lowest BCUT2D eigenvalue weighted by atomic mass is 9.81. The van der Waals surface area contributed by atoms with Crippen molar-refractivity contribution in [3.63, 3.8) is 0 Å². The molecule has 0 spiro atoms. The first-order valence-electron chi connectivity index (χ1n) is 9.14. The van der Waals surface area contributed by atoms with E-state index in [1.54, 1.807) is 12.1 Å². The van der Waals surface area contributed by atoms with Gasteiger partial charge in [-0.2, -0.15) is 4.98 Å². The Hall–Kier alpha value is -3.67. The fraction of sp³-hybridized carbons (Fsp3) is 0.200. The summed E-state index contributed by atoms with van der Waals surface area (Å²) >= 11 is 0.963. The molecule has 166 valence electrons. The predicted molar refractivity (Wildman–Crippen MR) is 105 cm³/mol. The number of benzene rings is 1. The van der Waals surface area contributed by atoms with Crippen LogP contribution in [0.25, 0.3) is 0 Å². The van der Waals surface area contributed by atoms with Gasteiger partial charge in [0.1, 0.15) is 28.4 Å². The van der Waals surface area contributed by atoms with Gasteiger partial charge >= 0.3 is 6.36 Å². The van der Waals surface area contributed by atoms with Crippen molar-refractivity contribution in [3.8, 4) is 16.7 Å². The number of nitrogens with one attached hydrogen (secondary N) is 1. The minimum atomic E-state index is -4.83. The molecule has 1 amide bonds. The van der Waals surface area contributed by atoms with Crippen LogP contribution < -0.4 is 19.5 Å². The number of aromatic nitrogens is 2. The van der Waals surface area contributed by atoms with E-state index in [0.717, 1.165) is 23.5 Å². The van der Waals surface area contributed by atoms with Crippen molar-refractivity contribution >= 4 is 23.7 Å². The molecule has 4 rings (SSSR count). The molecular formula is C20H14F3N3O5S. The smallest absolute Gasteiger partial charge is 0.491 e. The van der Waals surface area contributed by atoms with E-state index in [0.29, 0.717) is 17.0 Å². The zero-order chi connectivity index (χ0) is 22.8. The Balaban J connectivity index is 1.73. The number of fused-ring (bicyclic) bond motifs is 1. The molecule has 8 nitrogen and oxygen atoms in total. The maximum absolute atomic E-state index is 13.0. The van der Waals surface area contributed by atoms with E-state index < -0.39 is 23.6 Å². The molecule has 2 aromatic heterocycles. The fourth-order valence-electron chi connectivity index (χ4n) is 3.39. The highest BCUT2D eigenvalue weighted by Crippen LogP contribution is 2.41. The van der Waals surface area contributed by atoms with Gasteiger partial charge in [0.2, 0.25) is 0 Å². The lowest BCUT2D eigenvalue weighted by molar-refractivity contribution is -0.274. The van der Waals surface area contributed by atoms with E-state index in [4.69, 9.17) is 4.74 Å². The number of pyridine rings is 1. The summed E-state index contributed by atoms with van der Waals surface area (Å²) in [6.07, 6.45) is -3.05. The van der Waals surface area contributed by atoms with E-state index in [1.165, 1.54) is 23.7 Å². The van der Waals surface area contributed by atoms with E-state index >= 15 is 0 Å². The van der Waals surface area contributed by atoms with Gasteiger partial charge in [0.05, 0.1) is 6.61 Å². The number of rotatable bonds is 6. The van der Waals surface area contributed by atoms with Crippen LogP contribution in [0.2, 0.25) is 0 Å². The molecule has 3 heterocycles. The third kappa shape index (κ3) is 4.35. The average molecular weight is 465 g/mol. The number of halogens is 3. The molecular weight excluding hydrogens is 451 g/mol. The van der Waals surface area contributed by atoms with Crippen LogP contribution in [0.5, 0.6) is 16.7 Å². The molecule has 0 radical (unpaired) electrons. The second-order valence-corrected chi connectivity index (χ2v) is 7.41. The van der Waals surface area contributed by atoms with Crippen LogP contribution in [-0.2, 0) is 10.3 Å². The zero-order valence-corrected chi connectivity index (χ0v) is 16.9. The molecule has 12 heteroatoms.